The lowest BCUT2D eigenvalue weighted by Gasteiger charge is -2.10. The minimum Gasteiger partial charge on any atom is -0.384 e. The van der Waals surface area contributed by atoms with Crippen LogP contribution in [0.15, 0.2) is 30.3 Å². The van der Waals surface area contributed by atoms with Gasteiger partial charge in [-0.25, -0.2) is 4.39 Å². The Labute approximate surface area is 131 Å². The van der Waals surface area contributed by atoms with E-state index in [0.717, 1.165) is 30.8 Å². The Morgan fingerprint density at radius 2 is 1.90 bits per heavy atom. The van der Waals surface area contributed by atoms with Crippen LogP contribution in [-0.2, 0) is 6.42 Å². The van der Waals surface area contributed by atoms with Gasteiger partial charge in [0.1, 0.15) is 5.82 Å². The van der Waals surface area contributed by atoms with Gasteiger partial charge in [0.25, 0.3) is 5.91 Å². The van der Waals surface area contributed by atoms with E-state index >= 15 is 0 Å². The number of carbonyl (C=O) groups excluding carboxylic acids is 1. The summed E-state index contributed by atoms with van der Waals surface area (Å²) in [6.07, 6.45) is 0.951. The molecule has 0 spiro atoms. The maximum atomic E-state index is 13.1. The van der Waals surface area contributed by atoms with Crippen molar-refractivity contribution in [1.29, 1.82) is 0 Å². The van der Waals surface area contributed by atoms with Gasteiger partial charge in [0.15, 0.2) is 0 Å². The summed E-state index contributed by atoms with van der Waals surface area (Å²) in [5.74, 6) is -0.897. The van der Waals surface area contributed by atoms with Crippen molar-refractivity contribution in [2.75, 3.05) is 17.2 Å². The first-order valence-corrected chi connectivity index (χ1v) is 7.13. The molecule has 21 heavy (non-hydrogen) atoms. The molecule has 0 atom stereocenters. The highest BCUT2D eigenvalue weighted by Gasteiger charge is 2.16. The van der Waals surface area contributed by atoms with Gasteiger partial charge in [0, 0.05) is 17.8 Å². The fraction of sp³-hybridized carbons (Fsp3) is 0.133. The Bertz CT molecular complexity index is 711. The van der Waals surface area contributed by atoms with Crippen LogP contribution in [0, 0.1) is 5.82 Å². The monoisotopic (exact) mass is 324 g/mol. The smallest absolute Gasteiger partial charge is 0.255 e. The zero-order valence-corrected chi connectivity index (χ0v) is 12.4. The average Bonchev–Trinajstić information content (AvgIpc) is 2.89. The molecule has 0 radical (unpaired) electrons. The molecule has 1 aliphatic heterocycles. The second-order valence-corrected chi connectivity index (χ2v) is 5.56. The number of carbonyl (C=O) groups is 1. The van der Waals surface area contributed by atoms with Crippen molar-refractivity contribution < 1.29 is 9.18 Å². The van der Waals surface area contributed by atoms with Gasteiger partial charge in [-0.1, -0.05) is 29.3 Å². The van der Waals surface area contributed by atoms with Crippen molar-refractivity contribution in [3.05, 3.63) is 57.3 Å². The van der Waals surface area contributed by atoms with Crippen molar-refractivity contribution in [2.45, 2.75) is 6.42 Å². The molecule has 1 amide bonds. The number of hydrogen-bond acceptors (Lipinski definition) is 2. The molecular weight excluding hydrogens is 314 g/mol. The molecule has 1 heterocycles. The zero-order valence-electron chi connectivity index (χ0n) is 10.8. The number of amides is 1. The predicted molar refractivity (Wildman–Crippen MR) is 83.0 cm³/mol. The largest absolute Gasteiger partial charge is 0.384 e. The highest BCUT2D eigenvalue weighted by molar-refractivity contribution is 6.40. The summed E-state index contributed by atoms with van der Waals surface area (Å²) in [6.45, 7) is 0.871. The predicted octanol–water partition coefficient (Wildman–Crippen LogP) is 4.35. The van der Waals surface area contributed by atoms with Gasteiger partial charge in [-0.15, -0.1) is 0 Å². The Hall–Kier alpha value is -1.78. The molecule has 0 fully saturated rings. The van der Waals surface area contributed by atoms with Crippen LogP contribution in [0.25, 0.3) is 0 Å². The highest BCUT2D eigenvalue weighted by atomic mass is 35.5. The van der Waals surface area contributed by atoms with Gasteiger partial charge < -0.3 is 10.6 Å². The molecule has 108 valence electrons. The minimum absolute atomic E-state index is 0.0626. The summed E-state index contributed by atoms with van der Waals surface area (Å²) in [5.41, 5.74) is 2.83. The Morgan fingerprint density at radius 1 is 1.19 bits per heavy atom. The van der Waals surface area contributed by atoms with Gasteiger partial charge in [-0.05, 0) is 36.2 Å². The van der Waals surface area contributed by atoms with Crippen molar-refractivity contribution >= 4 is 40.5 Å². The SMILES string of the molecule is O=C(Nc1c(Cl)cc(F)cc1Cl)c1ccc2c(c1)NCC2. The maximum absolute atomic E-state index is 13.1. The standard InChI is InChI=1S/C15H11Cl2FN2O/c16-11-6-10(18)7-12(17)14(11)20-15(21)9-2-1-8-3-4-19-13(8)5-9/h1-2,5-7,19H,3-4H2,(H,20,21). The number of fused-ring (bicyclic) bond motifs is 1. The zero-order chi connectivity index (χ0) is 15.0. The molecule has 0 saturated heterocycles. The lowest BCUT2D eigenvalue weighted by Crippen LogP contribution is -2.13. The first kappa shape index (κ1) is 14.2. The second kappa shape index (κ2) is 5.54. The van der Waals surface area contributed by atoms with Gasteiger partial charge in [0.2, 0.25) is 0 Å². The highest BCUT2D eigenvalue weighted by Crippen LogP contribution is 2.32. The van der Waals surface area contributed by atoms with E-state index in [1.54, 1.807) is 12.1 Å². The van der Waals surface area contributed by atoms with E-state index in [9.17, 15) is 9.18 Å². The summed E-state index contributed by atoms with van der Waals surface area (Å²) in [7, 11) is 0. The second-order valence-electron chi connectivity index (χ2n) is 4.75. The van der Waals surface area contributed by atoms with E-state index in [2.05, 4.69) is 10.6 Å². The normalized spacial score (nSPS) is 12.7. The molecule has 0 saturated carbocycles. The summed E-state index contributed by atoms with van der Waals surface area (Å²) >= 11 is 11.8. The van der Waals surface area contributed by atoms with Crippen LogP contribution in [0.5, 0.6) is 0 Å². The molecular formula is C15H11Cl2FN2O. The molecule has 0 aliphatic carbocycles. The van der Waals surface area contributed by atoms with Gasteiger partial charge in [-0.2, -0.15) is 0 Å². The fourth-order valence-corrected chi connectivity index (χ4v) is 2.83. The fourth-order valence-electron chi connectivity index (χ4n) is 2.28. The first-order valence-electron chi connectivity index (χ1n) is 6.37. The summed E-state index contributed by atoms with van der Waals surface area (Å²) < 4.78 is 13.1. The summed E-state index contributed by atoms with van der Waals surface area (Å²) in [4.78, 5) is 12.3. The Balaban J connectivity index is 1.87. The average molecular weight is 325 g/mol. The third-order valence-electron chi connectivity index (χ3n) is 3.33. The topological polar surface area (TPSA) is 41.1 Å². The van der Waals surface area contributed by atoms with Crippen LogP contribution in [-0.4, -0.2) is 12.5 Å². The van der Waals surface area contributed by atoms with Crippen molar-refractivity contribution in [3.63, 3.8) is 0 Å². The molecule has 2 aromatic carbocycles. The van der Waals surface area contributed by atoms with E-state index in [1.807, 2.05) is 6.07 Å². The molecule has 3 nitrogen and oxygen atoms in total. The van der Waals surface area contributed by atoms with E-state index in [0.29, 0.717) is 5.56 Å². The quantitative estimate of drug-likeness (QED) is 0.862. The molecule has 6 heteroatoms. The molecule has 0 bridgehead atoms. The third kappa shape index (κ3) is 2.82. The lowest BCUT2D eigenvalue weighted by atomic mass is 10.1. The number of halogens is 3. The van der Waals surface area contributed by atoms with Crippen molar-refractivity contribution in [2.24, 2.45) is 0 Å². The summed E-state index contributed by atoms with van der Waals surface area (Å²) in [5, 5.41) is 5.95. The van der Waals surface area contributed by atoms with Gasteiger partial charge >= 0.3 is 0 Å². The molecule has 1 aliphatic rings. The van der Waals surface area contributed by atoms with Crippen molar-refractivity contribution in [3.8, 4) is 0 Å². The van der Waals surface area contributed by atoms with E-state index in [4.69, 9.17) is 23.2 Å². The Morgan fingerprint density at radius 3 is 2.62 bits per heavy atom. The molecule has 0 aromatic heterocycles. The van der Waals surface area contributed by atoms with E-state index < -0.39 is 5.82 Å². The van der Waals surface area contributed by atoms with Crippen molar-refractivity contribution in [1.82, 2.24) is 0 Å². The van der Waals surface area contributed by atoms with Crippen LogP contribution in [0.1, 0.15) is 15.9 Å². The van der Waals surface area contributed by atoms with Crippen LogP contribution in [0.2, 0.25) is 10.0 Å². The number of rotatable bonds is 2. The number of anilines is 2. The first-order chi connectivity index (χ1) is 10.0. The Kier molecular flexibility index (Phi) is 3.74. The van der Waals surface area contributed by atoms with Crippen LogP contribution < -0.4 is 10.6 Å². The number of hydrogen-bond donors (Lipinski definition) is 2. The minimum atomic E-state index is -0.551. The van der Waals surface area contributed by atoms with E-state index in [1.165, 1.54) is 5.56 Å². The maximum Gasteiger partial charge on any atom is 0.255 e. The van der Waals surface area contributed by atoms with Gasteiger partial charge in [0.05, 0.1) is 15.7 Å². The van der Waals surface area contributed by atoms with Crippen LogP contribution >= 0.6 is 23.2 Å². The summed E-state index contributed by atoms with van der Waals surface area (Å²) in [6, 6.07) is 7.65. The van der Waals surface area contributed by atoms with Gasteiger partial charge in [-0.3, -0.25) is 4.79 Å². The third-order valence-corrected chi connectivity index (χ3v) is 3.92. The molecule has 2 aromatic rings. The number of nitrogens with one attached hydrogen (secondary N) is 2. The molecule has 0 unspecified atom stereocenters. The van der Waals surface area contributed by atoms with Crippen LogP contribution in [0.4, 0.5) is 15.8 Å². The van der Waals surface area contributed by atoms with E-state index in [-0.39, 0.29) is 21.6 Å². The lowest BCUT2D eigenvalue weighted by molar-refractivity contribution is 0.102. The molecule has 2 N–H and O–H groups in total. The number of benzene rings is 2. The molecule has 3 rings (SSSR count). The van der Waals surface area contributed by atoms with Crippen LogP contribution in [0.3, 0.4) is 0 Å².